The lowest BCUT2D eigenvalue weighted by molar-refractivity contribution is 0.0525. The molecule has 7 nitrogen and oxygen atoms in total. The topological polar surface area (TPSA) is 94.6 Å². The molecule has 0 aliphatic rings. The van der Waals surface area contributed by atoms with Crippen molar-refractivity contribution in [1.29, 1.82) is 0 Å². The molecule has 1 heterocycles. The van der Waals surface area contributed by atoms with Crippen LogP contribution in [0.15, 0.2) is 71.8 Å². The molecule has 1 aromatic heterocycles. The van der Waals surface area contributed by atoms with E-state index in [9.17, 15) is 13.2 Å². The van der Waals surface area contributed by atoms with E-state index < -0.39 is 16.0 Å². The zero-order valence-corrected chi connectivity index (χ0v) is 16.8. The summed E-state index contributed by atoms with van der Waals surface area (Å²) in [7, 11) is -3.68. The van der Waals surface area contributed by atoms with Crippen molar-refractivity contribution in [2.45, 2.75) is 18.7 Å². The van der Waals surface area contributed by atoms with E-state index in [0.717, 1.165) is 5.56 Å². The third kappa shape index (κ3) is 5.32. The van der Waals surface area contributed by atoms with Crippen LogP contribution in [-0.2, 0) is 14.8 Å². The number of carbonyl (C=O) groups is 1. The second-order valence-electron chi connectivity index (χ2n) is 6.15. The molecule has 29 heavy (non-hydrogen) atoms. The maximum Gasteiger partial charge on any atom is 0.338 e. The fourth-order valence-corrected chi connectivity index (χ4v) is 3.51. The molecule has 0 saturated heterocycles. The summed E-state index contributed by atoms with van der Waals surface area (Å²) in [5.74, 6) is 0.209. The Bertz CT molecular complexity index is 1090. The van der Waals surface area contributed by atoms with Crippen LogP contribution in [-0.4, -0.2) is 26.0 Å². The molecule has 0 unspecified atom stereocenters. The molecular formula is C21H20N2O5S. The minimum Gasteiger partial charge on any atom is -0.462 e. The second kappa shape index (κ2) is 8.74. The number of benzene rings is 2. The summed E-state index contributed by atoms with van der Waals surface area (Å²) in [6.45, 7) is 3.89. The molecule has 0 amide bonds. The first-order chi connectivity index (χ1) is 13.9. The van der Waals surface area contributed by atoms with Crippen LogP contribution in [0.25, 0.3) is 0 Å². The highest BCUT2D eigenvalue weighted by Crippen LogP contribution is 2.24. The lowest BCUT2D eigenvalue weighted by Crippen LogP contribution is -2.12. The molecule has 3 rings (SSSR count). The molecule has 3 aromatic rings. The minimum atomic E-state index is -3.68. The number of hydrogen-bond acceptors (Lipinski definition) is 6. The van der Waals surface area contributed by atoms with Crippen molar-refractivity contribution in [3.05, 3.63) is 78.0 Å². The summed E-state index contributed by atoms with van der Waals surface area (Å²) in [6.07, 6.45) is 1.45. The monoisotopic (exact) mass is 412 g/mol. The van der Waals surface area contributed by atoms with Gasteiger partial charge in [-0.1, -0.05) is 17.7 Å². The van der Waals surface area contributed by atoms with Crippen molar-refractivity contribution in [3.63, 3.8) is 0 Å². The SMILES string of the molecule is CCOC(=O)c1ccnc(Oc2ccc(NS(=O)(=O)c3ccc(C)cc3)cc2)c1. The zero-order valence-electron chi connectivity index (χ0n) is 16.0. The Morgan fingerprint density at radius 2 is 1.72 bits per heavy atom. The quantitative estimate of drug-likeness (QED) is 0.586. The van der Waals surface area contributed by atoms with Gasteiger partial charge in [0, 0.05) is 18.0 Å². The van der Waals surface area contributed by atoms with Gasteiger partial charge in [-0.15, -0.1) is 0 Å². The Morgan fingerprint density at radius 3 is 2.38 bits per heavy atom. The number of nitrogens with one attached hydrogen (secondary N) is 1. The Labute approximate surface area is 169 Å². The van der Waals surface area contributed by atoms with E-state index in [1.807, 2.05) is 6.92 Å². The van der Waals surface area contributed by atoms with Gasteiger partial charge >= 0.3 is 5.97 Å². The van der Waals surface area contributed by atoms with E-state index in [1.54, 1.807) is 55.5 Å². The number of pyridine rings is 1. The predicted octanol–water partition coefficient (Wildman–Crippen LogP) is 4.16. The van der Waals surface area contributed by atoms with Crippen molar-refractivity contribution in [1.82, 2.24) is 4.98 Å². The molecule has 0 aliphatic carbocycles. The first kappa shape index (κ1) is 20.3. The maximum absolute atomic E-state index is 12.4. The molecule has 8 heteroatoms. The first-order valence-electron chi connectivity index (χ1n) is 8.88. The van der Waals surface area contributed by atoms with Crippen LogP contribution in [0, 0.1) is 6.92 Å². The number of rotatable bonds is 7. The molecule has 0 saturated carbocycles. The fourth-order valence-electron chi connectivity index (χ4n) is 2.45. The average Bonchev–Trinajstić information content (AvgIpc) is 2.70. The van der Waals surface area contributed by atoms with Gasteiger partial charge in [-0.25, -0.2) is 18.2 Å². The van der Waals surface area contributed by atoms with Gasteiger partial charge in [0.05, 0.1) is 17.1 Å². The van der Waals surface area contributed by atoms with Gasteiger partial charge in [0.15, 0.2) is 0 Å². The molecule has 150 valence electrons. The van der Waals surface area contributed by atoms with Crippen LogP contribution in [0.2, 0.25) is 0 Å². The molecule has 0 fully saturated rings. The van der Waals surface area contributed by atoms with Crippen LogP contribution < -0.4 is 9.46 Å². The van der Waals surface area contributed by atoms with E-state index in [1.165, 1.54) is 18.3 Å². The number of aryl methyl sites for hydroxylation is 1. The molecular weight excluding hydrogens is 392 g/mol. The number of nitrogens with zero attached hydrogens (tertiary/aromatic N) is 1. The van der Waals surface area contributed by atoms with E-state index in [4.69, 9.17) is 9.47 Å². The number of esters is 1. The van der Waals surface area contributed by atoms with Crippen molar-refractivity contribution in [2.24, 2.45) is 0 Å². The zero-order chi connectivity index (χ0) is 20.9. The summed E-state index contributed by atoms with van der Waals surface area (Å²) in [6, 6.07) is 16.0. The van der Waals surface area contributed by atoms with Crippen LogP contribution >= 0.6 is 0 Å². The third-order valence-electron chi connectivity index (χ3n) is 3.91. The fraction of sp³-hybridized carbons (Fsp3) is 0.143. The lowest BCUT2D eigenvalue weighted by Gasteiger charge is -2.10. The highest BCUT2D eigenvalue weighted by Gasteiger charge is 2.14. The minimum absolute atomic E-state index is 0.184. The lowest BCUT2D eigenvalue weighted by atomic mass is 10.2. The Kier molecular flexibility index (Phi) is 6.13. The van der Waals surface area contributed by atoms with Crippen LogP contribution in [0.4, 0.5) is 5.69 Å². The van der Waals surface area contributed by atoms with Crippen LogP contribution in [0.1, 0.15) is 22.8 Å². The molecule has 0 atom stereocenters. The van der Waals surface area contributed by atoms with E-state index in [0.29, 0.717) is 17.0 Å². The largest absolute Gasteiger partial charge is 0.462 e. The highest BCUT2D eigenvalue weighted by molar-refractivity contribution is 7.92. The number of aromatic nitrogens is 1. The van der Waals surface area contributed by atoms with Gasteiger partial charge < -0.3 is 9.47 Å². The average molecular weight is 412 g/mol. The summed E-state index contributed by atoms with van der Waals surface area (Å²) in [4.78, 5) is 16.0. The Morgan fingerprint density at radius 1 is 1.03 bits per heavy atom. The predicted molar refractivity (Wildman–Crippen MR) is 109 cm³/mol. The Balaban J connectivity index is 1.70. The van der Waals surface area contributed by atoms with Gasteiger partial charge in [-0.3, -0.25) is 4.72 Å². The number of hydrogen-bond donors (Lipinski definition) is 1. The Hall–Kier alpha value is -3.39. The van der Waals surface area contributed by atoms with Gasteiger partial charge in [-0.2, -0.15) is 0 Å². The molecule has 0 aliphatic heterocycles. The van der Waals surface area contributed by atoms with Gasteiger partial charge in [-0.05, 0) is 56.3 Å². The normalized spacial score (nSPS) is 11.0. The number of ether oxygens (including phenoxy) is 2. The number of carbonyl (C=O) groups excluding carboxylic acids is 1. The number of sulfonamides is 1. The van der Waals surface area contributed by atoms with Crippen LogP contribution in [0.3, 0.4) is 0 Å². The van der Waals surface area contributed by atoms with Gasteiger partial charge in [0.2, 0.25) is 5.88 Å². The first-order valence-corrected chi connectivity index (χ1v) is 10.4. The summed E-state index contributed by atoms with van der Waals surface area (Å²) >= 11 is 0. The van der Waals surface area contributed by atoms with Crippen molar-refractivity contribution in [2.75, 3.05) is 11.3 Å². The molecule has 0 spiro atoms. The summed E-state index contributed by atoms with van der Waals surface area (Å²) in [5, 5.41) is 0. The molecule has 1 N–H and O–H groups in total. The van der Waals surface area contributed by atoms with Gasteiger partial charge in [0.1, 0.15) is 5.75 Å². The molecule has 2 aromatic carbocycles. The van der Waals surface area contributed by atoms with Crippen LogP contribution in [0.5, 0.6) is 11.6 Å². The van der Waals surface area contributed by atoms with Gasteiger partial charge in [0.25, 0.3) is 10.0 Å². The standard InChI is InChI=1S/C21H20N2O5S/c1-3-27-21(24)16-12-13-22-20(14-16)28-18-8-6-17(7-9-18)23-29(25,26)19-10-4-15(2)5-11-19/h4-14,23H,3H2,1-2H3. The smallest absolute Gasteiger partial charge is 0.338 e. The summed E-state index contributed by atoms with van der Waals surface area (Å²) < 4.78 is 38.0. The molecule has 0 bridgehead atoms. The van der Waals surface area contributed by atoms with E-state index in [-0.39, 0.29) is 17.4 Å². The third-order valence-corrected chi connectivity index (χ3v) is 5.30. The maximum atomic E-state index is 12.4. The van der Waals surface area contributed by atoms with E-state index >= 15 is 0 Å². The van der Waals surface area contributed by atoms with Crippen molar-refractivity contribution < 1.29 is 22.7 Å². The molecule has 0 radical (unpaired) electrons. The van der Waals surface area contributed by atoms with E-state index in [2.05, 4.69) is 9.71 Å². The summed E-state index contributed by atoms with van der Waals surface area (Å²) in [5.41, 5.74) is 1.71. The van der Waals surface area contributed by atoms with Crippen molar-refractivity contribution >= 4 is 21.7 Å². The number of anilines is 1. The second-order valence-corrected chi connectivity index (χ2v) is 7.83. The highest BCUT2D eigenvalue weighted by atomic mass is 32.2. The van der Waals surface area contributed by atoms with Crippen molar-refractivity contribution in [3.8, 4) is 11.6 Å².